The van der Waals surface area contributed by atoms with Crippen molar-refractivity contribution in [2.24, 2.45) is 0 Å². The van der Waals surface area contributed by atoms with Crippen LogP contribution in [0.15, 0.2) is 48.8 Å². The van der Waals surface area contributed by atoms with Gasteiger partial charge in [0.15, 0.2) is 5.82 Å². The number of carbonyl (C=O) groups is 1. The molecule has 36 heavy (non-hydrogen) atoms. The van der Waals surface area contributed by atoms with Gasteiger partial charge in [0.2, 0.25) is 5.60 Å². The van der Waals surface area contributed by atoms with Gasteiger partial charge in [0.1, 0.15) is 48.0 Å². The van der Waals surface area contributed by atoms with Crippen LogP contribution in [0, 0.1) is 11.3 Å². The molecular formula is C21H23N6O8P. The molecule has 1 saturated heterocycles. The smallest absolute Gasteiger partial charge is 0.459 e. The maximum absolute atomic E-state index is 13.4. The average molecular weight is 518 g/mol. The summed E-state index contributed by atoms with van der Waals surface area (Å²) in [6.45, 7) is 0.606. The summed E-state index contributed by atoms with van der Waals surface area (Å²) in [6, 6.07) is 11.4. The summed E-state index contributed by atoms with van der Waals surface area (Å²) in [6.07, 6.45) is -3.62. The second kappa shape index (κ2) is 9.82. The highest BCUT2D eigenvalue weighted by atomic mass is 31.2. The number of nitrogens with two attached hydrogens (primary N) is 1. The number of fused-ring (bicyclic) bond motifs is 1. The molecule has 1 aliphatic heterocycles. The molecule has 2 aromatic heterocycles. The summed E-state index contributed by atoms with van der Waals surface area (Å²) in [5.74, 6) is -1.06. The Balaban J connectivity index is 1.59. The van der Waals surface area contributed by atoms with Crippen molar-refractivity contribution < 1.29 is 38.5 Å². The van der Waals surface area contributed by atoms with E-state index in [-0.39, 0.29) is 17.3 Å². The number of aromatic nitrogens is 3. The first-order valence-electron chi connectivity index (χ1n) is 10.6. The number of aliphatic hydroxyl groups is 2. The Labute approximate surface area is 204 Å². The molecule has 4 rings (SSSR count). The highest BCUT2D eigenvalue weighted by Crippen LogP contribution is 2.47. The zero-order valence-electron chi connectivity index (χ0n) is 18.8. The molecule has 6 N–H and O–H groups in total. The quantitative estimate of drug-likeness (QED) is 0.243. The molecule has 1 fully saturated rings. The molecule has 0 bridgehead atoms. The Morgan fingerprint density at radius 1 is 1.36 bits per heavy atom. The normalized spacial score (nSPS) is 26.2. The Hall–Kier alpha value is -3.57. The number of carboxylic acid groups (broad SMARTS) is 1. The zero-order valence-corrected chi connectivity index (χ0v) is 19.7. The summed E-state index contributed by atoms with van der Waals surface area (Å²) in [4.78, 5) is 15.2. The molecule has 0 aliphatic carbocycles. The second-order valence-electron chi connectivity index (χ2n) is 7.99. The molecule has 14 nitrogen and oxygen atoms in total. The lowest BCUT2D eigenvalue weighted by Gasteiger charge is -2.25. The lowest BCUT2D eigenvalue weighted by atomic mass is 9.92. The number of nitrogens with zero attached hydrogens (tertiary/aromatic N) is 4. The first-order valence-corrected chi connectivity index (χ1v) is 12.2. The van der Waals surface area contributed by atoms with E-state index in [1.807, 2.05) is 6.07 Å². The Morgan fingerprint density at radius 2 is 2.08 bits per heavy atom. The first-order chi connectivity index (χ1) is 17.1. The Bertz CT molecular complexity index is 1350. The number of aliphatic carboxylic acids is 1. The molecule has 1 aromatic carbocycles. The molecule has 0 saturated carbocycles. The second-order valence-corrected chi connectivity index (χ2v) is 9.68. The van der Waals surface area contributed by atoms with Gasteiger partial charge in [-0.15, -0.1) is 0 Å². The summed E-state index contributed by atoms with van der Waals surface area (Å²) in [7, 11) is -4.33. The summed E-state index contributed by atoms with van der Waals surface area (Å²) < 4.78 is 31.3. The van der Waals surface area contributed by atoms with Crippen LogP contribution in [0.3, 0.4) is 0 Å². The molecule has 3 aromatic rings. The van der Waals surface area contributed by atoms with Gasteiger partial charge in [-0.3, -0.25) is 9.32 Å². The fourth-order valence-corrected chi connectivity index (χ4v) is 5.23. The minimum atomic E-state index is -4.33. The summed E-state index contributed by atoms with van der Waals surface area (Å²) in [5.41, 5.74) is 4.17. The van der Waals surface area contributed by atoms with Gasteiger partial charge < -0.3 is 30.3 Å². The number of aliphatic hydroxyl groups excluding tert-OH is 2. The van der Waals surface area contributed by atoms with Gasteiger partial charge in [-0.1, -0.05) is 18.2 Å². The van der Waals surface area contributed by atoms with E-state index in [1.165, 1.54) is 35.7 Å². The average Bonchev–Trinajstić information content (AvgIpc) is 3.39. The number of benzene rings is 1. The number of para-hydroxylation sites is 1. The number of hydrogen-bond acceptors (Lipinski definition) is 11. The lowest BCUT2D eigenvalue weighted by Crippen LogP contribution is -2.41. The lowest BCUT2D eigenvalue weighted by molar-refractivity contribution is -0.138. The predicted molar refractivity (Wildman–Crippen MR) is 122 cm³/mol. The van der Waals surface area contributed by atoms with Gasteiger partial charge in [0, 0.05) is 0 Å². The highest BCUT2D eigenvalue weighted by molar-refractivity contribution is 7.52. The van der Waals surface area contributed by atoms with E-state index in [4.69, 9.17) is 19.5 Å². The van der Waals surface area contributed by atoms with Crippen LogP contribution in [-0.2, 0) is 24.2 Å². The van der Waals surface area contributed by atoms with Crippen molar-refractivity contribution in [2.75, 3.05) is 12.3 Å². The van der Waals surface area contributed by atoms with Crippen molar-refractivity contribution in [3.05, 3.63) is 54.5 Å². The fraction of sp³-hybridized carbons (Fsp3) is 0.333. The molecule has 190 valence electrons. The van der Waals surface area contributed by atoms with Gasteiger partial charge in [0.05, 0.1) is 12.3 Å². The topological polar surface area (TPSA) is 215 Å². The third kappa shape index (κ3) is 4.63. The van der Waals surface area contributed by atoms with Crippen molar-refractivity contribution in [2.45, 2.75) is 36.9 Å². The molecule has 0 amide bonds. The van der Waals surface area contributed by atoms with E-state index in [0.717, 1.165) is 6.33 Å². The fourth-order valence-electron chi connectivity index (χ4n) is 3.72. The molecule has 6 atom stereocenters. The van der Waals surface area contributed by atoms with Crippen molar-refractivity contribution in [3.63, 3.8) is 0 Å². The van der Waals surface area contributed by atoms with E-state index < -0.39 is 50.3 Å². The standard InChI is InChI=1S/C21H23N6O8P/c1-12(20(30)31)26-36(32,35-13-5-3-2-4-6-13)33-9-15-17(28)18(29)21(10-22,34-15)16-8-7-14-19(23)24-11-25-27(14)16/h2-8,11-12,15,17-18,28-29H,9H2,1H3,(H,26,32)(H,30,31)(H2,23,24,25)/t12-,15-,17-,18-,21+,36?/m1/s1. The maximum Gasteiger partial charge on any atom is 0.459 e. The number of nitrogens with one attached hydrogen (secondary N) is 1. The van der Waals surface area contributed by atoms with Crippen molar-refractivity contribution in [3.8, 4) is 11.8 Å². The SMILES string of the molecule is C[C@@H](NP(=O)(OC[C@H]1O[C@@](C#N)(c2ccc3c(N)ncnn23)[C@H](O)[C@@H]1O)Oc1ccccc1)C(=O)O. The van der Waals surface area contributed by atoms with Crippen LogP contribution in [0.1, 0.15) is 12.6 Å². The van der Waals surface area contributed by atoms with Crippen LogP contribution in [0.2, 0.25) is 0 Å². The third-order valence-corrected chi connectivity index (χ3v) is 7.23. The van der Waals surface area contributed by atoms with Crippen molar-refractivity contribution in [1.29, 1.82) is 5.26 Å². The molecule has 0 spiro atoms. The van der Waals surface area contributed by atoms with Crippen LogP contribution >= 0.6 is 7.75 Å². The number of carboxylic acids is 1. The number of rotatable bonds is 9. The predicted octanol–water partition coefficient (Wildman–Crippen LogP) is 0.417. The summed E-state index contributed by atoms with van der Waals surface area (Å²) in [5, 5.41) is 47.1. The van der Waals surface area contributed by atoms with Gasteiger partial charge in [-0.2, -0.15) is 15.4 Å². The van der Waals surface area contributed by atoms with E-state index in [9.17, 15) is 29.9 Å². The van der Waals surface area contributed by atoms with Crippen LogP contribution in [0.4, 0.5) is 5.82 Å². The van der Waals surface area contributed by atoms with E-state index in [1.54, 1.807) is 18.2 Å². The van der Waals surface area contributed by atoms with Crippen LogP contribution < -0.4 is 15.3 Å². The van der Waals surface area contributed by atoms with Crippen molar-refractivity contribution >= 4 is 25.1 Å². The third-order valence-electron chi connectivity index (χ3n) is 5.59. The minimum Gasteiger partial charge on any atom is -0.480 e. The van der Waals surface area contributed by atoms with Gasteiger partial charge >= 0.3 is 13.7 Å². The molecule has 1 aliphatic rings. The molecule has 3 heterocycles. The van der Waals surface area contributed by atoms with E-state index >= 15 is 0 Å². The Morgan fingerprint density at radius 3 is 2.75 bits per heavy atom. The Kier molecular flexibility index (Phi) is 6.96. The number of ether oxygens (including phenoxy) is 1. The van der Waals surface area contributed by atoms with Crippen molar-refractivity contribution in [1.82, 2.24) is 19.7 Å². The van der Waals surface area contributed by atoms with Gasteiger partial charge in [-0.05, 0) is 31.2 Å². The number of nitriles is 1. The highest BCUT2D eigenvalue weighted by Gasteiger charge is 2.58. The van der Waals surface area contributed by atoms with Gasteiger partial charge in [0.25, 0.3) is 0 Å². The van der Waals surface area contributed by atoms with E-state index in [0.29, 0.717) is 5.52 Å². The van der Waals surface area contributed by atoms with Crippen LogP contribution in [0.5, 0.6) is 5.75 Å². The van der Waals surface area contributed by atoms with Gasteiger partial charge in [-0.25, -0.2) is 14.1 Å². The first kappa shape index (κ1) is 25.5. The van der Waals surface area contributed by atoms with Crippen LogP contribution in [-0.4, -0.2) is 66.8 Å². The van der Waals surface area contributed by atoms with E-state index in [2.05, 4.69) is 15.2 Å². The monoisotopic (exact) mass is 518 g/mol. The zero-order chi connectivity index (χ0) is 26.1. The minimum absolute atomic E-state index is 0.0736. The number of nitrogen functional groups attached to an aromatic ring is 1. The molecule has 15 heteroatoms. The number of anilines is 1. The van der Waals surface area contributed by atoms with Crippen LogP contribution in [0.25, 0.3) is 5.52 Å². The number of hydrogen-bond donors (Lipinski definition) is 5. The maximum atomic E-state index is 13.4. The molecule has 1 unspecified atom stereocenters. The molecule has 0 radical (unpaired) electrons. The summed E-state index contributed by atoms with van der Waals surface area (Å²) >= 11 is 0. The molecular weight excluding hydrogens is 495 g/mol. The largest absolute Gasteiger partial charge is 0.480 e.